The summed E-state index contributed by atoms with van der Waals surface area (Å²) < 4.78 is 69.6. The SMILES string of the molecule is CC(C)(C)[C@@H]1OC(C)(C)N(C(=O)O)[C@H]1c1ccc(OS(=O)(=O)C(F)(F)F)cc1. The van der Waals surface area contributed by atoms with Gasteiger partial charge in [0, 0.05) is 0 Å². The van der Waals surface area contributed by atoms with Crippen LogP contribution in [0.5, 0.6) is 5.75 Å². The third-order valence-corrected chi connectivity index (χ3v) is 5.31. The summed E-state index contributed by atoms with van der Waals surface area (Å²) in [5.41, 5.74) is -6.71. The number of hydrogen-bond acceptors (Lipinski definition) is 5. The Hall–Kier alpha value is -2.01. The predicted octanol–water partition coefficient (Wildman–Crippen LogP) is 4.12. The maximum Gasteiger partial charge on any atom is 0.534 e. The Morgan fingerprint density at radius 3 is 2.07 bits per heavy atom. The minimum absolute atomic E-state index is 0.435. The van der Waals surface area contributed by atoms with E-state index in [0.717, 1.165) is 17.0 Å². The molecule has 2 atom stereocenters. The van der Waals surface area contributed by atoms with Crippen LogP contribution in [0.2, 0.25) is 0 Å². The van der Waals surface area contributed by atoms with E-state index in [1.807, 2.05) is 20.8 Å². The van der Waals surface area contributed by atoms with Crippen molar-refractivity contribution in [3.05, 3.63) is 29.8 Å². The van der Waals surface area contributed by atoms with Crippen LogP contribution in [0.1, 0.15) is 46.2 Å². The van der Waals surface area contributed by atoms with Crippen LogP contribution < -0.4 is 4.18 Å². The minimum atomic E-state index is -5.79. The van der Waals surface area contributed by atoms with Crippen molar-refractivity contribution in [2.24, 2.45) is 5.41 Å². The Morgan fingerprint density at radius 1 is 1.18 bits per heavy atom. The van der Waals surface area contributed by atoms with Gasteiger partial charge in [-0.25, -0.2) is 4.79 Å². The molecule has 1 saturated heterocycles. The molecule has 11 heteroatoms. The summed E-state index contributed by atoms with van der Waals surface area (Å²) in [5, 5.41) is 9.68. The quantitative estimate of drug-likeness (QED) is 0.579. The number of hydrogen-bond donors (Lipinski definition) is 1. The Kier molecular flexibility index (Phi) is 5.41. The maximum atomic E-state index is 12.5. The van der Waals surface area contributed by atoms with Crippen molar-refractivity contribution in [2.75, 3.05) is 0 Å². The summed E-state index contributed by atoms with van der Waals surface area (Å²) in [6.07, 6.45) is -1.77. The first-order chi connectivity index (χ1) is 12.5. The summed E-state index contributed by atoms with van der Waals surface area (Å²) in [6.45, 7) is 8.83. The van der Waals surface area contributed by atoms with Gasteiger partial charge >= 0.3 is 21.7 Å². The van der Waals surface area contributed by atoms with Crippen LogP contribution in [0, 0.1) is 5.41 Å². The summed E-state index contributed by atoms with van der Waals surface area (Å²) >= 11 is 0. The molecule has 1 N–H and O–H groups in total. The molecular weight excluding hydrogens is 403 g/mol. The molecule has 0 radical (unpaired) electrons. The van der Waals surface area contributed by atoms with E-state index < -0.39 is 50.8 Å². The molecule has 7 nitrogen and oxygen atoms in total. The molecule has 28 heavy (non-hydrogen) atoms. The van der Waals surface area contributed by atoms with Crippen molar-refractivity contribution in [3.63, 3.8) is 0 Å². The number of halogens is 3. The zero-order valence-corrected chi connectivity index (χ0v) is 16.8. The summed E-state index contributed by atoms with van der Waals surface area (Å²) in [4.78, 5) is 13.0. The molecular formula is C17H22F3NO6S. The first-order valence-electron chi connectivity index (χ1n) is 8.28. The maximum absolute atomic E-state index is 12.5. The number of amides is 1. The highest BCUT2D eigenvalue weighted by Gasteiger charge is 2.54. The van der Waals surface area contributed by atoms with Gasteiger partial charge in [-0.05, 0) is 37.0 Å². The zero-order chi connectivity index (χ0) is 21.7. The molecule has 1 heterocycles. The highest BCUT2D eigenvalue weighted by atomic mass is 32.2. The normalized spacial score (nSPS) is 22.9. The van der Waals surface area contributed by atoms with Gasteiger partial charge in [-0.1, -0.05) is 32.9 Å². The summed E-state index contributed by atoms with van der Waals surface area (Å²) in [5.74, 6) is -0.534. The number of nitrogens with zero attached hydrogens (tertiary/aromatic N) is 1. The van der Waals surface area contributed by atoms with Gasteiger partial charge in [0.2, 0.25) is 0 Å². The van der Waals surface area contributed by atoms with Gasteiger partial charge < -0.3 is 14.0 Å². The molecule has 0 aliphatic carbocycles. The van der Waals surface area contributed by atoms with Crippen LogP contribution in [0.3, 0.4) is 0 Å². The largest absolute Gasteiger partial charge is 0.534 e. The van der Waals surface area contributed by atoms with Gasteiger partial charge in [-0.15, -0.1) is 0 Å². The molecule has 0 unspecified atom stereocenters. The van der Waals surface area contributed by atoms with E-state index in [9.17, 15) is 31.5 Å². The van der Waals surface area contributed by atoms with E-state index in [1.165, 1.54) is 12.1 Å². The van der Waals surface area contributed by atoms with Crippen LogP contribution in [-0.4, -0.2) is 41.9 Å². The van der Waals surface area contributed by atoms with Crippen molar-refractivity contribution in [1.82, 2.24) is 4.90 Å². The molecule has 1 aliphatic rings. The van der Waals surface area contributed by atoms with E-state index in [0.29, 0.717) is 5.56 Å². The molecule has 158 valence electrons. The van der Waals surface area contributed by atoms with Crippen molar-refractivity contribution in [2.45, 2.75) is 58.0 Å². The topological polar surface area (TPSA) is 93.1 Å². The van der Waals surface area contributed by atoms with Gasteiger partial charge in [0.15, 0.2) is 0 Å². The molecule has 1 aromatic carbocycles. The van der Waals surface area contributed by atoms with Crippen LogP contribution >= 0.6 is 0 Å². The highest BCUT2D eigenvalue weighted by Crippen LogP contribution is 2.48. The van der Waals surface area contributed by atoms with Gasteiger partial charge in [0.1, 0.15) is 11.5 Å². The molecule has 0 bridgehead atoms. The standard InChI is InChI=1S/C17H22F3NO6S/c1-15(2,3)13-12(21(14(22)23)16(4,5)26-13)10-6-8-11(9-7-10)27-28(24,25)17(18,19)20/h6-9,12-13H,1-5H3,(H,22,23)/t12-,13+/m0/s1. The number of benzene rings is 1. The van der Waals surface area contributed by atoms with Gasteiger partial charge in [-0.2, -0.15) is 21.6 Å². The van der Waals surface area contributed by atoms with E-state index in [4.69, 9.17) is 4.74 Å². The molecule has 0 aromatic heterocycles. The smallest absolute Gasteiger partial charge is 0.465 e. The monoisotopic (exact) mass is 425 g/mol. The zero-order valence-electron chi connectivity index (χ0n) is 15.9. The average Bonchev–Trinajstić information content (AvgIpc) is 2.78. The van der Waals surface area contributed by atoms with Gasteiger partial charge in [-0.3, -0.25) is 4.90 Å². The number of carbonyl (C=O) groups is 1. The molecule has 1 aliphatic heterocycles. The predicted molar refractivity (Wildman–Crippen MR) is 93.1 cm³/mol. The summed E-state index contributed by atoms with van der Waals surface area (Å²) in [7, 11) is -5.79. The Morgan fingerprint density at radius 2 is 1.68 bits per heavy atom. The van der Waals surface area contributed by atoms with Crippen molar-refractivity contribution in [1.29, 1.82) is 0 Å². The lowest BCUT2D eigenvalue weighted by atomic mass is 9.82. The number of rotatable bonds is 3. The first kappa shape index (κ1) is 22.3. The molecule has 1 aromatic rings. The van der Waals surface area contributed by atoms with Crippen LogP contribution in [0.4, 0.5) is 18.0 Å². The van der Waals surface area contributed by atoms with E-state index in [-0.39, 0.29) is 0 Å². The Labute approximate surface area is 161 Å². The fourth-order valence-electron chi connectivity index (χ4n) is 3.12. The first-order valence-corrected chi connectivity index (χ1v) is 9.69. The average molecular weight is 425 g/mol. The number of ether oxygens (including phenoxy) is 1. The van der Waals surface area contributed by atoms with E-state index >= 15 is 0 Å². The molecule has 1 amide bonds. The summed E-state index contributed by atoms with van der Waals surface area (Å²) in [6, 6.07) is 3.99. The van der Waals surface area contributed by atoms with Crippen molar-refractivity contribution in [3.8, 4) is 5.75 Å². The lowest BCUT2D eigenvalue weighted by Gasteiger charge is -2.33. The Balaban J connectivity index is 2.42. The number of carboxylic acid groups (broad SMARTS) is 1. The van der Waals surface area contributed by atoms with E-state index in [1.54, 1.807) is 13.8 Å². The van der Waals surface area contributed by atoms with Crippen LogP contribution in [-0.2, 0) is 14.9 Å². The highest BCUT2D eigenvalue weighted by molar-refractivity contribution is 7.88. The second-order valence-electron chi connectivity index (χ2n) is 8.00. The third kappa shape index (κ3) is 4.19. The third-order valence-electron chi connectivity index (χ3n) is 4.33. The van der Waals surface area contributed by atoms with E-state index in [2.05, 4.69) is 4.18 Å². The minimum Gasteiger partial charge on any atom is -0.465 e. The second-order valence-corrected chi connectivity index (χ2v) is 9.54. The van der Waals surface area contributed by atoms with Crippen LogP contribution in [0.25, 0.3) is 0 Å². The lowest BCUT2D eigenvalue weighted by molar-refractivity contribution is -0.0925. The Bertz CT molecular complexity index is 843. The second kappa shape index (κ2) is 6.80. The lowest BCUT2D eigenvalue weighted by Crippen LogP contribution is -2.44. The van der Waals surface area contributed by atoms with Gasteiger partial charge in [0.05, 0.1) is 12.1 Å². The molecule has 1 fully saturated rings. The fourth-order valence-corrected chi connectivity index (χ4v) is 3.58. The fraction of sp³-hybridized carbons (Fsp3) is 0.588. The molecule has 2 rings (SSSR count). The van der Waals surface area contributed by atoms with Crippen LogP contribution in [0.15, 0.2) is 24.3 Å². The van der Waals surface area contributed by atoms with Crippen molar-refractivity contribution < 1.29 is 40.4 Å². The number of alkyl halides is 3. The van der Waals surface area contributed by atoms with Gasteiger partial charge in [0.25, 0.3) is 0 Å². The molecule has 0 saturated carbocycles. The van der Waals surface area contributed by atoms with Crippen molar-refractivity contribution >= 4 is 16.2 Å². The molecule has 0 spiro atoms.